The van der Waals surface area contributed by atoms with Crippen LogP contribution < -0.4 is 10.4 Å². The van der Waals surface area contributed by atoms with E-state index in [0.29, 0.717) is 0 Å². The molecule has 0 amide bonds. The number of rotatable bonds is 8. The third-order valence-corrected chi connectivity index (χ3v) is 11.2. The van der Waals surface area contributed by atoms with Crippen molar-refractivity contribution >= 4 is 34.6 Å². The maximum absolute atomic E-state index is 12.1. The van der Waals surface area contributed by atoms with Crippen molar-refractivity contribution in [2.24, 2.45) is 0 Å². The van der Waals surface area contributed by atoms with Crippen LogP contribution in [-0.2, 0) is 6.42 Å². The fourth-order valence-corrected chi connectivity index (χ4v) is 8.03. The van der Waals surface area contributed by atoms with Crippen molar-refractivity contribution in [3.8, 4) is 0 Å². The second-order valence-electron chi connectivity index (χ2n) is 8.04. The Bertz CT molecular complexity index is 854. The van der Waals surface area contributed by atoms with Crippen LogP contribution in [0.25, 0.3) is 0 Å². The van der Waals surface area contributed by atoms with Gasteiger partial charge in [-0.2, -0.15) is 0 Å². The average Bonchev–Trinajstić information content (AvgIpc) is 3.04. The molecule has 0 unspecified atom stereocenters. The molecule has 0 aliphatic carbocycles. The van der Waals surface area contributed by atoms with Gasteiger partial charge in [-0.05, 0) is 51.1 Å². The minimum Gasteiger partial charge on any atom is -0.424 e. The van der Waals surface area contributed by atoms with Crippen LogP contribution in [0.2, 0.25) is 5.04 Å². The van der Waals surface area contributed by atoms with E-state index in [0.717, 1.165) is 52.0 Å². The van der Waals surface area contributed by atoms with E-state index in [-0.39, 0.29) is 5.04 Å². The van der Waals surface area contributed by atoms with Crippen molar-refractivity contribution in [2.75, 3.05) is 0 Å². The van der Waals surface area contributed by atoms with E-state index in [1.165, 1.54) is 0 Å². The maximum Gasteiger partial charge on any atom is 0.258 e. The van der Waals surface area contributed by atoms with Crippen molar-refractivity contribution in [1.29, 1.82) is 0 Å². The van der Waals surface area contributed by atoms with Crippen LogP contribution in [-0.4, -0.2) is 18.3 Å². The molecule has 3 nitrogen and oxygen atoms in total. The highest BCUT2D eigenvalue weighted by atomic mass is 79.9. The monoisotopic (exact) mass is 457 g/mol. The molecule has 0 spiro atoms. The first-order valence-corrected chi connectivity index (χ1v) is 12.5. The third-order valence-electron chi connectivity index (χ3n) is 5.67. The molecule has 0 aliphatic rings. The molecule has 0 bridgehead atoms. The van der Waals surface area contributed by atoms with Gasteiger partial charge in [0.25, 0.3) is 8.32 Å². The van der Waals surface area contributed by atoms with E-state index in [1.807, 2.05) is 43.3 Å². The predicted octanol–water partition coefficient (Wildman–Crippen LogP) is 4.99. The van der Waals surface area contributed by atoms with Gasteiger partial charge in [0.15, 0.2) is 5.76 Å². The lowest BCUT2D eigenvalue weighted by Gasteiger charge is -2.41. The molecule has 1 N–H and O–H groups in total. The highest BCUT2D eigenvalue weighted by Crippen LogP contribution is 2.40. The Hall–Kier alpha value is -1.69. The third kappa shape index (κ3) is 4.16. The van der Waals surface area contributed by atoms with Crippen molar-refractivity contribution in [3.05, 3.63) is 76.6 Å². The lowest BCUT2D eigenvalue weighted by Crippen LogP contribution is -2.65. The standard InChI is InChI=1S/C23H28BrNO2Si/c1-18-22(24)21(27-25-18)16-10-11-17-23(2,3)28(26,19-12-6-4-7-13-19)20-14-8-5-9-15-20/h4-9,12-15,26H,10-11,16-17H2,1-3H3. The number of hydrogen-bond donors (Lipinski definition) is 1. The molecular formula is C23H28BrNO2Si. The summed E-state index contributed by atoms with van der Waals surface area (Å²) in [5, 5.41) is 5.94. The van der Waals surface area contributed by atoms with Crippen LogP contribution in [0.4, 0.5) is 0 Å². The average molecular weight is 458 g/mol. The molecule has 148 valence electrons. The van der Waals surface area contributed by atoms with Gasteiger partial charge in [0.1, 0.15) is 0 Å². The van der Waals surface area contributed by atoms with Gasteiger partial charge in [0, 0.05) is 6.42 Å². The molecule has 1 aromatic heterocycles. The van der Waals surface area contributed by atoms with Crippen LogP contribution in [0.3, 0.4) is 0 Å². The van der Waals surface area contributed by atoms with Gasteiger partial charge >= 0.3 is 0 Å². The summed E-state index contributed by atoms with van der Waals surface area (Å²) in [7, 11) is -2.91. The molecule has 0 radical (unpaired) electrons. The van der Waals surface area contributed by atoms with Crippen molar-refractivity contribution < 1.29 is 9.32 Å². The molecular weight excluding hydrogens is 430 g/mol. The van der Waals surface area contributed by atoms with E-state index < -0.39 is 8.32 Å². The Morgan fingerprint density at radius 1 is 0.964 bits per heavy atom. The van der Waals surface area contributed by atoms with Gasteiger partial charge in [-0.3, -0.25) is 0 Å². The van der Waals surface area contributed by atoms with E-state index >= 15 is 0 Å². The van der Waals surface area contributed by atoms with E-state index in [1.54, 1.807) is 0 Å². The van der Waals surface area contributed by atoms with E-state index in [9.17, 15) is 4.80 Å². The van der Waals surface area contributed by atoms with Gasteiger partial charge in [0.05, 0.1) is 10.2 Å². The molecule has 2 aromatic carbocycles. The molecule has 0 aliphatic heterocycles. The number of halogens is 1. The Morgan fingerprint density at radius 3 is 1.96 bits per heavy atom. The summed E-state index contributed by atoms with van der Waals surface area (Å²) in [6.45, 7) is 6.37. The number of hydrogen-bond acceptors (Lipinski definition) is 3. The Balaban J connectivity index is 1.78. The summed E-state index contributed by atoms with van der Waals surface area (Å²) in [6.07, 6.45) is 3.83. The molecule has 0 saturated heterocycles. The summed E-state index contributed by atoms with van der Waals surface area (Å²) >= 11 is 3.55. The minimum atomic E-state index is -2.91. The Kier molecular flexibility index (Phi) is 6.58. The molecule has 3 aromatic rings. The zero-order valence-corrected chi connectivity index (χ0v) is 19.4. The number of aromatic nitrogens is 1. The first kappa shape index (κ1) is 21.0. The fourth-order valence-electron chi connectivity index (χ4n) is 3.90. The highest BCUT2D eigenvalue weighted by Gasteiger charge is 2.49. The number of aryl methyl sites for hydroxylation is 2. The molecule has 1 heterocycles. The second-order valence-corrected chi connectivity index (χ2v) is 12.8. The highest BCUT2D eigenvalue weighted by molar-refractivity contribution is 9.10. The van der Waals surface area contributed by atoms with Gasteiger partial charge in [0.2, 0.25) is 0 Å². The molecule has 28 heavy (non-hydrogen) atoms. The largest absolute Gasteiger partial charge is 0.424 e. The first-order valence-electron chi connectivity index (χ1n) is 9.80. The lowest BCUT2D eigenvalue weighted by atomic mass is 10.0. The zero-order valence-electron chi connectivity index (χ0n) is 16.8. The Morgan fingerprint density at radius 2 is 1.50 bits per heavy atom. The van der Waals surface area contributed by atoms with E-state index in [2.05, 4.69) is 59.2 Å². The number of unbranched alkanes of at least 4 members (excludes halogenated alkanes) is 1. The lowest BCUT2D eigenvalue weighted by molar-refractivity contribution is 0.371. The molecule has 0 saturated carbocycles. The predicted molar refractivity (Wildman–Crippen MR) is 121 cm³/mol. The smallest absolute Gasteiger partial charge is 0.258 e. The number of benzene rings is 2. The van der Waals surface area contributed by atoms with Crippen LogP contribution in [0.5, 0.6) is 0 Å². The molecule has 3 rings (SSSR count). The van der Waals surface area contributed by atoms with Crippen LogP contribution in [0, 0.1) is 6.92 Å². The molecule has 0 fully saturated rings. The molecule has 5 heteroatoms. The summed E-state index contributed by atoms with van der Waals surface area (Å²) in [4.78, 5) is 12.1. The normalized spacial score (nSPS) is 12.3. The van der Waals surface area contributed by atoms with Gasteiger partial charge in [-0.1, -0.05) is 86.1 Å². The van der Waals surface area contributed by atoms with Gasteiger partial charge in [-0.15, -0.1) is 0 Å². The Labute approximate surface area is 177 Å². The zero-order chi connectivity index (χ0) is 20.2. The topological polar surface area (TPSA) is 46.3 Å². The maximum atomic E-state index is 12.1. The molecule has 0 atom stereocenters. The minimum absolute atomic E-state index is 0.204. The van der Waals surface area contributed by atoms with Crippen LogP contribution >= 0.6 is 15.9 Å². The summed E-state index contributed by atoms with van der Waals surface area (Å²) in [6, 6.07) is 20.4. The summed E-state index contributed by atoms with van der Waals surface area (Å²) in [5.41, 5.74) is 0.894. The van der Waals surface area contributed by atoms with Crippen molar-refractivity contribution in [3.63, 3.8) is 0 Å². The summed E-state index contributed by atoms with van der Waals surface area (Å²) in [5.74, 6) is 0.911. The fraction of sp³-hybridized carbons (Fsp3) is 0.348. The summed E-state index contributed by atoms with van der Waals surface area (Å²) < 4.78 is 6.37. The SMILES string of the molecule is Cc1noc(CCCCC(C)(C)[Si](O)(c2ccccc2)c2ccccc2)c1Br. The number of nitrogens with zero attached hydrogens (tertiary/aromatic N) is 1. The second kappa shape index (κ2) is 8.76. The van der Waals surface area contributed by atoms with Gasteiger partial charge < -0.3 is 9.32 Å². The van der Waals surface area contributed by atoms with Crippen molar-refractivity contribution in [2.45, 2.75) is 51.5 Å². The van der Waals surface area contributed by atoms with E-state index in [4.69, 9.17) is 4.52 Å². The first-order chi connectivity index (χ1) is 13.4. The van der Waals surface area contributed by atoms with Crippen molar-refractivity contribution in [1.82, 2.24) is 5.16 Å². The quantitative estimate of drug-likeness (QED) is 0.382. The van der Waals surface area contributed by atoms with Gasteiger partial charge in [-0.25, -0.2) is 0 Å². The van der Waals surface area contributed by atoms with Crippen LogP contribution in [0.15, 0.2) is 69.7 Å². The van der Waals surface area contributed by atoms with Crippen LogP contribution in [0.1, 0.15) is 44.6 Å².